The molecule has 17 heteroatoms. The van der Waals surface area contributed by atoms with Crippen LogP contribution in [0.3, 0.4) is 0 Å². The number of benzene rings is 2. The molecule has 10 atom stereocenters. The molecule has 0 saturated carbocycles. The van der Waals surface area contributed by atoms with Crippen LogP contribution in [0.15, 0.2) is 39.5 Å². The fourth-order valence-corrected chi connectivity index (χ4v) is 4.89. The van der Waals surface area contributed by atoms with Crippen LogP contribution in [-0.4, -0.2) is 131 Å². The van der Waals surface area contributed by atoms with E-state index in [1.54, 1.807) is 0 Å². The molecule has 44 heavy (non-hydrogen) atoms. The van der Waals surface area contributed by atoms with Gasteiger partial charge >= 0.3 is 0 Å². The van der Waals surface area contributed by atoms with Crippen molar-refractivity contribution >= 4 is 11.0 Å². The topological polar surface area (TPSA) is 290 Å². The molecule has 11 N–H and O–H groups in total. The summed E-state index contributed by atoms with van der Waals surface area (Å²) >= 11 is 0. The van der Waals surface area contributed by atoms with Crippen molar-refractivity contribution in [3.05, 3.63) is 40.6 Å². The highest BCUT2D eigenvalue weighted by atomic mass is 16.7. The van der Waals surface area contributed by atoms with Gasteiger partial charge in [-0.05, 0) is 18.2 Å². The lowest BCUT2D eigenvalue weighted by atomic mass is 9.99. The predicted molar refractivity (Wildman–Crippen MR) is 142 cm³/mol. The molecule has 0 aliphatic carbocycles. The molecule has 1 aromatic heterocycles. The summed E-state index contributed by atoms with van der Waals surface area (Å²) in [6, 6.07) is 5.23. The molecule has 0 radical (unpaired) electrons. The molecule has 2 aliphatic heterocycles. The summed E-state index contributed by atoms with van der Waals surface area (Å²) in [5, 5.41) is 110. The molecule has 0 bridgehead atoms. The van der Waals surface area contributed by atoms with Crippen molar-refractivity contribution in [2.75, 3.05) is 13.2 Å². The van der Waals surface area contributed by atoms with Crippen LogP contribution >= 0.6 is 0 Å². The van der Waals surface area contributed by atoms with Crippen LogP contribution in [0.2, 0.25) is 0 Å². The van der Waals surface area contributed by atoms with Crippen molar-refractivity contribution in [3.8, 4) is 40.1 Å². The molecule has 240 valence electrons. The van der Waals surface area contributed by atoms with E-state index in [4.69, 9.17) is 23.4 Å². The van der Waals surface area contributed by atoms with E-state index >= 15 is 0 Å². The van der Waals surface area contributed by atoms with Crippen LogP contribution < -0.4 is 14.9 Å². The number of aromatic hydroxyl groups is 3. The molecule has 2 fully saturated rings. The summed E-state index contributed by atoms with van der Waals surface area (Å²) in [6.07, 6.45) is -16.9. The van der Waals surface area contributed by atoms with E-state index in [0.717, 1.165) is 24.3 Å². The second-order valence-corrected chi connectivity index (χ2v) is 10.2. The van der Waals surface area contributed by atoms with Gasteiger partial charge in [-0.25, -0.2) is 0 Å². The zero-order valence-corrected chi connectivity index (χ0v) is 22.4. The van der Waals surface area contributed by atoms with E-state index in [9.17, 15) is 61.0 Å². The first-order valence-electron chi connectivity index (χ1n) is 13.2. The minimum absolute atomic E-state index is 0.0925. The summed E-state index contributed by atoms with van der Waals surface area (Å²) in [6.45, 7) is -1.52. The monoisotopic (exact) mass is 626 g/mol. The van der Waals surface area contributed by atoms with Crippen molar-refractivity contribution in [1.29, 1.82) is 0 Å². The third kappa shape index (κ3) is 5.61. The van der Waals surface area contributed by atoms with Gasteiger partial charge in [0.25, 0.3) is 0 Å². The Kier molecular flexibility index (Phi) is 8.87. The Balaban J connectivity index is 1.55. The van der Waals surface area contributed by atoms with Gasteiger partial charge in [0.1, 0.15) is 71.3 Å². The molecule has 0 amide bonds. The zero-order chi connectivity index (χ0) is 32.0. The molecule has 3 aromatic rings. The standard InChI is InChI=1S/C27H30O17/c28-6-14-17(33)20(36)22(38)26(42-14)41-12-2-1-8(3-10(12)31)24-25(19(35)16-11(32)4-9(30)5-13(16)40-24)44-27-23(39)21(37)18(34)15(7-29)43-27/h1-5,14-15,17-18,20-23,26-34,36-39H,6-7H2/t14-,15-,17+,18+,20-,21-,22-,23-,26-,27-/m1/s1. The van der Waals surface area contributed by atoms with Gasteiger partial charge < -0.3 is 79.5 Å². The number of fused-ring (bicyclic) bond motifs is 1. The van der Waals surface area contributed by atoms with Crippen molar-refractivity contribution in [1.82, 2.24) is 0 Å². The van der Waals surface area contributed by atoms with Crippen LogP contribution in [0, 0.1) is 0 Å². The van der Waals surface area contributed by atoms with Crippen molar-refractivity contribution in [3.63, 3.8) is 0 Å². The largest absolute Gasteiger partial charge is 0.508 e. The smallest absolute Gasteiger partial charge is 0.239 e. The highest BCUT2D eigenvalue weighted by Gasteiger charge is 2.46. The van der Waals surface area contributed by atoms with Crippen LogP contribution in [-0.2, 0) is 9.47 Å². The second-order valence-electron chi connectivity index (χ2n) is 10.2. The Labute approximate surface area is 246 Å². The average Bonchev–Trinajstić information content (AvgIpc) is 2.99. The van der Waals surface area contributed by atoms with Crippen LogP contribution in [0.1, 0.15) is 0 Å². The number of hydrogen-bond donors (Lipinski definition) is 11. The molecule has 3 heterocycles. The fraction of sp³-hybridized carbons (Fsp3) is 0.444. The Morgan fingerprint density at radius 3 is 1.80 bits per heavy atom. The van der Waals surface area contributed by atoms with Gasteiger partial charge in [0.2, 0.25) is 23.8 Å². The van der Waals surface area contributed by atoms with Gasteiger partial charge in [-0.2, -0.15) is 0 Å². The molecular weight excluding hydrogens is 596 g/mol. The number of phenolic OH excluding ortho intramolecular Hbond substituents is 3. The summed E-state index contributed by atoms with van der Waals surface area (Å²) in [5.74, 6) is -3.31. The van der Waals surface area contributed by atoms with E-state index < -0.39 is 114 Å². The number of aliphatic hydroxyl groups excluding tert-OH is 8. The maximum Gasteiger partial charge on any atom is 0.239 e. The Hall–Kier alpha value is -3.75. The molecule has 17 nitrogen and oxygen atoms in total. The number of hydrogen-bond acceptors (Lipinski definition) is 17. The maximum atomic E-state index is 13.6. The number of aliphatic hydroxyl groups is 8. The Morgan fingerprint density at radius 2 is 1.25 bits per heavy atom. The van der Waals surface area contributed by atoms with Gasteiger partial charge in [0, 0.05) is 17.7 Å². The van der Waals surface area contributed by atoms with Crippen LogP contribution in [0.5, 0.6) is 28.7 Å². The third-order valence-corrected chi connectivity index (χ3v) is 7.31. The molecule has 5 rings (SSSR count). The quantitative estimate of drug-likeness (QED) is 0.124. The lowest BCUT2D eigenvalue weighted by molar-refractivity contribution is -0.277. The molecule has 0 unspecified atom stereocenters. The third-order valence-electron chi connectivity index (χ3n) is 7.31. The summed E-state index contributed by atoms with van der Waals surface area (Å²) in [5.41, 5.74) is -1.47. The highest BCUT2D eigenvalue weighted by molar-refractivity contribution is 5.88. The minimum atomic E-state index is -1.94. The SMILES string of the molecule is O=c1c(O[C@H]2O[C@H](CO)[C@H](O)[C@@H](O)[C@H]2O)c(-c2ccc(O[C@@H]3O[C@H](CO)[C@H](O)[C@@H](O)[C@H]3O)c(O)c2)oc2cc(O)cc(O)c12. The van der Waals surface area contributed by atoms with Crippen molar-refractivity contribution < 1.29 is 79.5 Å². The highest BCUT2D eigenvalue weighted by Crippen LogP contribution is 2.40. The molecule has 0 spiro atoms. The predicted octanol–water partition coefficient (Wildman–Crippen LogP) is -3.07. The summed E-state index contributed by atoms with van der Waals surface area (Å²) in [4.78, 5) is 13.6. The molecule has 2 saturated heterocycles. The fourth-order valence-electron chi connectivity index (χ4n) is 4.89. The summed E-state index contributed by atoms with van der Waals surface area (Å²) in [7, 11) is 0. The van der Waals surface area contributed by atoms with Gasteiger partial charge in [-0.15, -0.1) is 0 Å². The molecule has 2 aromatic carbocycles. The maximum absolute atomic E-state index is 13.6. The second kappa shape index (κ2) is 12.3. The lowest BCUT2D eigenvalue weighted by Gasteiger charge is -2.39. The van der Waals surface area contributed by atoms with E-state index in [1.807, 2.05) is 0 Å². The van der Waals surface area contributed by atoms with E-state index in [1.165, 1.54) is 6.07 Å². The first-order valence-corrected chi connectivity index (χ1v) is 13.2. The van der Waals surface area contributed by atoms with E-state index in [0.29, 0.717) is 0 Å². The van der Waals surface area contributed by atoms with Crippen molar-refractivity contribution in [2.24, 2.45) is 0 Å². The molecular formula is C27H30O17. The minimum Gasteiger partial charge on any atom is -0.508 e. The number of ether oxygens (including phenoxy) is 4. The van der Waals surface area contributed by atoms with Gasteiger partial charge in [-0.3, -0.25) is 4.79 Å². The lowest BCUT2D eigenvalue weighted by Crippen LogP contribution is -2.60. The van der Waals surface area contributed by atoms with Gasteiger partial charge in [0.05, 0.1) is 13.2 Å². The Morgan fingerprint density at radius 1 is 0.682 bits per heavy atom. The van der Waals surface area contributed by atoms with Crippen molar-refractivity contribution in [2.45, 2.75) is 61.4 Å². The van der Waals surface area contributed by atoms with Crippen LogP contribution in [0.4, 0.5) is 0 Å². The Bertz CT molecular complexity index is 1550. The zero-order valence-electron chi connectivity index (χ0n) is 22.4. The normalized spacial score (nSPS) is 32.5. The summed E-state index contributed by atoms with van der Waals surface area (Å²) < 4.78 is 27.4. The molecule has 2 aliphatic rings. The van der Waals surface area contributed by atoms with E-state index in [-0.39, 0.29) is 16.9 Å². The van der Waals surface area contributed by atoms with E-state index in [2.05, 4.69) is 0 Å². The number of phenols is 3. The van der Waals surface area contributed by atoms with Crippen LogP contribution in [0.25, 0.3) is 22.3 Å². The first kappa shape index (κ1) is 31.7. The number of rotatable bonds is 7. The average molecular weight is 627 g/mol. The van der Waals surface area contributed by atoms with Gasteiger partial charge in [0.15, 0.2) is 17.3 Å². The van der Waals surface area contributed by atoms with Gasteiger partial charge in [-0.1, -0.05) is 0 Å². The first-order chi connectivity index (χ1) is 20.9.